The molecule has 0 aliphatic heterocycles. The molecule has 1 unspecified atom stereocenters. The van der Waals surface area contributed by atoms with E-state index < -0.39 is 0 Å². The predicted octanol–water partition coefficient (Wildman–Crippen LogP) is 3.81. The van der Waals surface area contributed by atoms with Gasteiger partial charge in [-0.15, -0.1) is 0 Å². The highest BCUT2D eigenvalue weighted by molar-refractivity contribution is 9.10. The molecule has 0 bridgehead atoms. The fourth-order valence-electron chi connectivity index (χ4n) is 2.64. The summed E-state index contributed by atoms with van der Waals surface area (Å²) in [6.07, 6.45) is 5.21. The number of nitrogens with two attached hydrogens (primary N) is 1. The second-order valence-electron chi connectivity index (χ2n) is 4.74. The maximum Gasteiger partial charge on any atom is 0.0420 e. The van der Waals surface area contributed by atoms with Gasteiger partial charge in [0, 0.05) is 10.0 Å². The van der Waals surface area contributed by atoms with Crippen molar-refractivity contribution in [1.29, 1.82) is 0 Å². The normalized spacial score (nSPS) is 21.5. The van der Waals surface area contributed by atoms with Gasteiger partial charge >= 0.3 is 0 Å². The van der Waals surface area contributed by atoms with Gasteiger partial charge in [-0.05, 0) is 37.3 Å². The molecule has 0 amide bonds. The maximum absolute atomic E-state index is 6.51. The van der Waals surface area contributed by atoms with Crippen LogP contribution in [0.5, 0.6) is 0 Å². The van der Waals surface area contributed by atoms with Crippen LogP contribution in [0.3, 0.4) is 0 Å². The molecule has 0 saturated heterocycles. The lowest BCUT2D eigenvalue weighted by molar-refractivity contribution is 0.305. The lowest BCUT2D eigenvalue weighted by atomic mass is 9.79. The minimum absolute atomic E-state index is 0.184. The lowest BCUT2D eigenvalue weighted by Gasteiger charge is -2.33. The summed E-state index contributed by atoms with van der Waals surface area (Å²) in [7, 11) is 0. The van der Waals surface area contributed by atoms with E-state index in [0.29, 0.717) is 5.92 Å². The molecular weight excluding hydrogens is 250 g/mol. The molecule has 0 spiro atoms. The predicted molar refractivity (Wildman–Crippen MR) is 67.6 cm³/mol. The number of halogens is 1. The molecule has 0 radical (unpaired) electrons. The molecule has 0 heterocycles. The van der Waals surface area contributed by atoms with Gasteiger partial charge in [-0.2, -0.15) is 0 Å². The molecule has 2 heteroatoms. The minimum atomic E-state index is -0.184. The Bertz CT molecular complexity index is 340. The zero-order valence-electron chi connectivity index (χ0n) is 9.17. The van der Waals surface area contributed by atoms with Crippen LogP contribution in [0.4, 0.5) is 0 Å². The van der Waals surface area contributed by atoms with Crippen LogP contribution < -0.4 is 5.73 Å². The molecule has 15 heavy (non-hydrogen) atoms. The van der Waals surface area contributed by atoms with Crippen molar-refractivity contribution in [1.82, 2.24) is 0 Å². The van der Waals surface area contributed by atoms with Crippen molar-refractivity contribution in [3.05, 3.63) is 34.3 Å². The number of rotatable bonds is 2. The van der Waals surface area contributed by atoms with E-state index in [1.54, 1.807) is 0 Å². The van der Waals surface area contributed by atoms with Crippen molar-refractivity contribution in [2.24, 2.45) is 11.7 Å². The molecule has 1 fully saturated rings. The molecule has 1 aromatic carbocycles. The van der Waals surface area contributed by atoms with Crippen LogP contribution in [-0.2, 0) is 5.54 Å². The van der Waals surface area contributed by atoms with Gasteiger partial charge in [0.2, 0.25) is 0 Å². The smallest absolute Gasteiger partial charge is 0.0420 e. The molecule has 82 valence electrons. The van der Waals surface area contributed by atoms with Crippen LogP contribution in [-0.4, -0.2) is 0 Å². The molecule has 1 atom stereocenters. The highest BCUT2D eigenvalue weighted by Gasteiger charge is 2.34. The van der Waals surface area contributed by atoms with E-state index in [0.717, 1.165) is 4.47 Å². The van der Waals surface area contributed by atoms with E-state index in [2.05, 4.69) is 41.1 Å². The minimum Gasteiger partial charge on any atom is -0.321 e. The molecule has 2 rings (SSSR count). The Balaban J connectivity index is 2.31. The first-order valence-electron chi connectivity index (χ1n) is 5.66. The number of hydrogen-bond acceptors (Lipinski definition) is 1. The highest BCUT2D eigenvalue weighted by Crippen LogP contribution is 2.40. The molecule has 1 aromatic rings. The van der Waals surface area contributed by atoms with Crippen LogP contribution in [0.1, 0.15) is 38.2 Å². The quantitative estimate of drug-likeness (QED) is 0.867. The molecule has 1 aliphatic carbocycles. The third-order valence-corrected chi connectivity index (χ3v) is 4.35. The Labute approximate surface area is 100 Å². The molecule has 1 aliphatic rings. The van der Waals surface area contributed by atoms with E-state index in [9.17, 15) is 0 Å². The van der Waals surface area contributed by atoms with Gasteiger partial charge in [0.1, 0.15) is 0 Å². The van der Waals surface area contributed by atoms with Gasteiger partial charge < -0.3 is 5.73 Å². The standard InChI is InChI=1S/C13H18BrN/c1-13(15,10-6-2-3-7-10)11-8-4-5-9-12(11)14/h4-5,8-10H,2-3,6-7,15H2,1H3. The van der Waals surface area contributed by atoms with E-state index >= 15 is 0 Å². The fourth-order valence-corrected chi connectivity index (χ4v) is 3.36. The Morgan fingerprint density at radius 3 is 2.47 bits per heavy atom. The van der Waals surface area contributed by atoms with Crippen molar-refractivity contribution in [2.45, 2.75) is 38.1 Å². The Hall–Kier alpha value is -0.340. The van der Waals surface area contributed by atoms with Crippen molar-refractivity contribution in [2.75, 3.05) is 0 Å². The van der Waals surface area contributed by atoms with Crippen molar-refractivity contribution >= 4 is 15.9 Å². The zero-order chi connectivity index (χ0) is 10.9. The second kappa shape index (κ2) is 4.26. The summed E-state index contributed by atoms with van der Waals surface area (Å²) in [6, 6.07) is 8.33. The summed E-state index contributed by atoms with van der Waals surface area (Å²) in [5.74, 6) is 0.635. The van der Waals surface area contributed by atoms with E-state index in [4.69, 9.17) is 5.73 Å². The van der Waals surface area contributed by atoms with E-state index in [1.807, 2.05) is 6.07 Å². The Kier molecular flexibility index (Phi) is 3.17. The van der Waals surface area contributed by atoms with Gasteiger partial charge in [0.15, 0.2) is 0 Å². The third kappa shape index (κ3) is 2.11. The highest BCUT2D eigenvalue weighted by atomic mass is 79.9. The van der Waals surface area contributed by atoms with Gasteiger partial charge in [-0.25, -0.2) is 0 Å². The van der Waals surface area contributed by atoms with Crippen LogP contribution in [0, 0.1) is 5.92 Å². The van der Waals surface area contributed by atoms with Gasteiger partial charge in [0.25, 0.3) is 0 Å². The molecule has 2 N–H and O–H groups in total. The summed E-state index contributed by atoms with van der Waals surface area (Å²) in [5, 5.41) is 0. The average molecular weight is 268 g/mol. The first-order valence-corrected chi connectivity index (χ1v) is 6.45. The van der Waals surface area contributed by atoms with Crippen molar-refractivity contribution < 1.29 is 0 Å². The van der Waals surface area contributed by atoms with Crippen LogP contribution >= 0.6 is 15.9 Å². The van der Waals surface area contributed by atoms with E-state index in [1.165, 1.54) is 31.2 Å². The topological polar surface area (TPSA) is 26.0 Å². The largest absolute Gasteiger partial charge is 0.321 e. The number of hydrogen-bond donors (Lipinski definition) is 1. The molecule has 1 nitrogen and oxygen atoms in total. The Morgan fingerprint density at radius 1 is 1.27 bits per heavy atom. The summed E-state index contributed by atoms with van der Waals surface area (Å²) in [6.45, 7) is 2.17. The molecular formula is C13H18BrN. The number of benzene rings is 1. The van der Waals surface area contributed by atoms with Crippen LogP contribution in [0.2, 0.25) is 0 Å². The lowest BCUT2D eigenvalue weighted by Crippen LogP contribution is -2.40. The van der Waals surface area contributed by atoms with Crippen LogP contribution in [0.25, 0.3) is 0 Å². The summed E-state index contributed by atoms with van der Waals surface area (Å²) in [5.41, 5.74) is 7.58. The van der Waals surface area contributed by atoms with Gasteiger partial charge in [-0.3, -0.25) is 0 Å². The second-order valence-corrected chi connectivity index (χ2v) is 5.60. The van der Waals surface area contributed by atoms with Gasteiger partial charge in [-0.1, -0.05) is 47.0 Å². The average Bonchev–Trinajstić information content (AvgIpc) is 2.71. The summed E-state index contributed by atoms with van der Waals surface area (Å²) >= 11 is 3.60. The van der Waals surface area contributed by atoms with Gasteiger partial charge in [0.05, 0.1) is 0 Å². The van der Waals surface area contributed by atoms with Crippen molar-refractivity contribution in [3.63, 3.8) is 0 Å². The monoisotopic (exact) mass is 267 g/mol. The van der Waals surface area contributed by atoms with Crippen molar-refractivity contribution in [3.8, 4) is 0 Å². The third-order valence-electron chi connectivity index (χ3n) is 3.66. The summed E-state index contributed by atoms with van der Waals surface area (Å²) in [4.78, 5) is 0. The SMILES string of the molecule is CC(N)(c1ccccc1Br)C1CCCC1. The Morgan fingerprint density at radius 2 is 1.87 bits per heavy atom. The van der Waals surface area contributed by atoms with E-state index in [-0.39, 0.29) is 5.54 Å². The summed E-state index contributed by atoms with van der Waals surface area (Å²) < 4.78 is 1.14. The first-order chi connectivity index (χ1) is 7.12. The maximum atomic E-state index is 6.51. The van der Waals surface area contributed by atoms with Crippen LogP contribution in [0.15, 0.2) is 28.7 Å². The molecule has 0 aromatic heterocycles. The molecule has 1 saturated carbocycles. The fraction of sp³-hybridized carbons (Fsp3) is 0.538. The zero-order valence-corrected chi connectivity index (χ0v) is 10.8. The first kappa shape index (κ1) is 11.2.